The van der Waals surface area contributed by atoms with Crippen molar-refractivity contribution < 1.29 is 14.1 Å². The van der Waals surface area contributed by atoms with Crippen LogP contribution in [0.5, 0.6) is 0 Å². The number of rotatable bonds is 2. The van der Waals surface area contributed by atoms with Gasteiger partial charge in [0.15, 0.2) is 0 Å². The summed E-state index contributed by atoms with van der Waals surface area (Å²) in [5.41, 5.74) is 1.52. The number of carbonyl (C=O) groups excluding carboxylic acids is 1. The van der Waals surface area contributed by atoms with Crippen LogP contribution in [-0.2, 0) is 4.74 Å². The summed E-state index contributed by atoms with van der Waals surface area (Å²) in [4.78, 5) is 11.1. The van der Waals surface area contributed by atoms with Crippen LogP contribution in [-0.4, -0.2) is 18.2 Å². The van der Waals surface area contributed by atoms with Crippen molar-refractivity contribution in [3.63, 3.8) is 0 Å². The van der Waals surface area contributed by atoms with Gasteiger partial charge in [0.05, 0.1) is 7.11 Å². The molecule has 2 rings (SSSR count). The zero-order chi connectivity index (χ0) is 10.7. The highest BCUT2D eigenvalue weighted by Crippen LogP contribution is 2.18. The van der Waals surface area contributed by atoms with Gasteiger partial charge < -0.3 is 9.26 Å². The largest absolute Gasteiger partial charge is 0.463 e. The van der Waals surface area contributed by atoms with Gasteiger partial charge in [-0.1, -0.05) is 35.5 Å². The first-order valence-corrected chi connectivity index (χ1v) is 4.41. The van der Waals surface area contributed by atoms with Gasteiger partial charge in [-0.05, 0) is 0 Å². The Balaban J connectivity index is 2.32. The zero-order valence-electron chi connectivity index (χ0n) is 8.14. The Labute approximate surface area is 86.5 Å². The molecular formula is C11H9NO3. The summed E-state index contributed by atoms with van der Waals surface area (Å²) in [5.74, 6) is -0.416. The number of nitrogens with zero attached hydrogens (tertiary/aromatic N) is 1. The van der Waals surface area contributed by atoms with Gasteiger partial charge in [-0.3, -0.25) is 0 Å². The first-order chi connectivity index (χ1) is 7.31. The smallest absolute Gasteiger partial charge is 0.376 e. The predicted octanol–water partition coefficient (Wildman–Crippen LogP) is 2.13. The number of hydrogen-bond acceptors (Lipinski definition) is 4. The van der Waals surface area contributed by atoms with E-state index in [1.54, 1.807) is 6.07 Å². The molecule has 0 radical (unpaired) electrons. The minimum absolute atomic E-state index is 0.108. The van der Waals surface area contributed by atoms with Gasteiger partial charge in [-0.2, -0.15) is 0 Å². The predicted molar refractivity (Wildman–Crippen MR) is 53.3 cm³/mol. The standard InChI is InChI=1S/C11H9NO3/c1-14-11(13)10-7-9(12-15-10)8-5-3-2-4-6-8/h2-7H,1H3. The molecule has 0 atom stereocenters. The van der Waals surface area contributed by atoms with E-state index >= 15 is 0 Å². The number of esters is 1. The van der Waals surface area contributed by atoms with E-state index in [2.05, 4.69) is 9.89 Å². The lowest BCUT2D eigenvalue weighted by Gasteiger charge is -1.91. The molecule has 0 fully saturated rings. The van der Waals surface area contributed by atoms with Crippen LogP contribution in [0, 0.1) is 0 Å². The summed E-state index contributed by atoms with van der Waals surface area (Å²) >= 11 is 0. The SMILES string of the molecule is COC(=O)c1cc(-c2ccccc2)no1. The highest BCUT2D eigenvalue weighted by molar-refractivity contribution is 5.87. The second-order valence-corrected chi connectivity index (χ2v) is 2.93. The number of ether oxygens (including phenoxy) is 1. The number of aromatic nitrogens is 1. The Morgan fingerprint density at radius 1 is 1.33 bits per heavy atom. The van der Waals surface area contributed by atoms with E-state index < -0.39 is 5.97 Å². The molecule has 0 N–H and O–H groups in total. The lowest BCUT2D eigenvalue weighted by molar-refractivity contribution is 0.0554. The number of methoxy groups -OCH3 is 1. The van der Waals surface area contributed by atoms with Crippen LogP contribution in [0.4, 0.5) is 0 Å². The Kier molecular flexibility index (Phi) is 2.49. The number of hydrogen-bond donors (Lipinski definition) is 0. The van der Waals surface area contributed by atoms with Crippen molar-refractivity contribution in [1.29, 1.82) is 0 Å². The van der Waals surface area contributed by atoms with Crippen molar-refractivity contribution in [3.8, 4) is 11.3 Å². The van der Waals surface area contributed by atoms with Gasteiger partial charge in [-0.25, -0.2) is 4.79 Å². The van der Waals surface area contributed by atoms with E-state index in [1.165, 1.54) is 7.11 Å². The average molecular weight is 203 g/mol. The first kappa shape index (κ1) is 9.45. The Bertz CT molecular complexity index is 462. The summed E-state index contributed by atoms with van der Waals surface area (Å²) in [6.07, 6.45) is 0. The molecule has 0 aliphatic rings. The third-order valence-corrected chi connectivity index (χ3v) is 1.97. The highest BCUT2D eigenvalue weighted by atomic mass is 16.5. The first-order valence-electron chi connectivity index (χ1n) is 4.41. The summed E-state index contributed by atoms with van der Waals surface area (Å²) < 4.78 is 9.36. The van der Waals surface area contributed by atoms with E-state index in [0.717, 1.165) is 5.56 Å². The summed E-state index contributed by atoms with van der Waals surface area (Å²) in [5, 5.41) is 3.78. The van der Waals surface area contributed by atoms with E-state index in [9.17, 15) is 4.79 Å². The van der Waals surface area contributed by atoms with Gasteiger partial charge in [0, 0.05) is 11.6 Å². The minimum atomic E-state index is -0.523. The van der Waals surface area contributed by atoms with E-state index in [-0.39, 0.29) is 5.76 Å². The fourth-order valence-corrected chi connectivity index (χ4v) is 1.22. The molecule has 0 unspecified atom stereocenters. The minimum Gasteiger partial charge on any atom is -0.463 e. The van der Waals surface area contributed by atoms with E-state index in [1.807, 2.05) is 30.3 Å². The van der Waals surface area contributed by atoms with Gasteiger partial charge >= 0.3 is 5.97 Å². The normalized spacial score (nSPS) is 9.93. The third kappa shape index (κ3) is 1.88. The molecule has 0 amide bonds. The molecule has 1 aromatic heterocycles. The lowest BCUT2D eigenvalue weighted by atomic mass is 10.1. The van der Waals surface area contributed by atoms with Crippen LogP contribution in [0.2, 0.25) is 0 Å². The molecule has 0 saturated heterocycles. The molecule has 76 valence electrons. The highest BCUT2D eigenvalue weighted by Gasteiger charge is 2.13. The second kappa shape index (κ2) is 3.96. The van der Waals surface area contributed by atoms with Crippen LogP contribution in [0.25, 0.3) is 11.3 Å². The maximum atomic E-state index is 11.1. The maximum Gasteiger partial charge on any atom is 0.376 e. The molecule has 1 aromatic carbocycles. The van der Waals surface area contributed by atoms with Gasteiger partial charge in [0.1, 0.15) is 5.69 Å². The Morgan fingerprint density at radius 3 is 2.73 bits per heavy atom. The van der Waals surface area contributed by atoms with E-state index in [4.69, 9.17) is 4.52 Å². The second-order valence-electron chi connectivity index (χ2n) is 2.93. The van der Waals surface area contributed by atoms with Crippen molar-refractivity contribution >= 4 is 5.97 Å². The molecule has 4 heteroatoms. The molecule has 0 aliphatic heterocycles. The molecule has 4 nitrogen and oxygen atoms in total. The number of carbonyl (C=O) groups is 1. The van der Waals surface area contributed by atoms with Crippen LogP contribution in [0.3, 0.4) is 0 Å². The van der Waals surface area contributed by atoms with Crippen molar-refractivity contribution in [2.75, 3.05) is 7.11 Å². The zero-order valence-corrected chi connectivity index (χ0v) is 8.14. The van der Waals surface area contributed by atoms with Gasteiger partial charge in [0.2, 0.25) is 5.76 Å². The molecular weight excluding hydrogens is 194 g/mol. The van der Waals surface area contributed by atoms with Crippen molar-refractivity contribution in [2.24, 2.45) is 0 Å². The van der Waals surface area contributed by atoms with Crippen molar-refractivity contribution in [3.05, 3.63) is 42.2 Å². The fraction of sp³-hybridized carbons (Fsp3) is 0.0909. The molecule has 1 heterocycles. The molecule has 0 saturated carbocycles. The Morgan fingerprint density at radius 2 is 2.07 bits per heavy atom. The number of benzene rings is 1. The van der Waals surface area contributed by atoms with Gasteiger partial charge in [0.25, 0.3) is 0 Å². The van der Waals surface area contributed by atoms with Crippen LogP contribution in [0.15, 0.2) is 40.9 Å². The third-order valence-electron chi connectivity index (χ3n) is 1.97. The summed E-state index contributed by atoms with van der Waals surface area (Å²) in [6, 6.07) is 11.0. The lowest BCUT2D eigenvalue weighted by Crippen LogP contribution is -1.98. The summed E-state index contributed by atoms with van der Waals surface area (Å²) in [6.45, 7) is 0. The quantitative estimate of drug-likeness (QED) is 0.701. The van der Waals surface area contributed by atoms with Crippen LogP contribution < -0.4 is 0 Å². The maximum absolute atomic E-state index is 11.1. The average Bonchev–Trinajstić information content (AvgIpc) is 2.78. The Hall–Kier alpha value is -2.10. The molecule has 15 heavy (non-hydrogen) atoms. The topological polar surface area (TPSA) is 52.3 Å². The van der Waals surface area contributed by atoms with Crippen molar-refractivity contribution in [1.82, 2.24) is 5.16 Å². The molecule has 0 aliphatic carbocycles. The van der Waals surface area contributed by atoms with E-state index in [0.29, 0.717) is 5.69 Å². The molecule has 0 bridgehead atoms. The molecule has 0 spiro atoms. The van der Waals surface area contributed by atoms with Crippen LogP contribution >= 0.6 is 0 Å². The van der Waals surface area contributed by atoms with Crippen molar-refractivity contribution in [2.45, 2.75) is 0 Å². The van der Waals surface area contributed by atoms with Gasteiger partial charge in [-0.15, -0.1) is 0 Å². The fourth-order valence-electron chi connectivity index (χ4n) is 1.22. The van der Waals surface area contributed by atoms with Crippen LogP contribution in [0.1, 0.15) is 10.6 Å². The summed E-state index contributed by atoms with van der Waals surface area (Å²) in [7, 11) is 1.30. The monoisotopic (exact) mass is 203 g/mol. The molecule has 2 aromatic rings.